The summed E-state index contributed by atoms with van der Waals surface area (Å²) in [5, 5.41) is 3.31. The summed E-state index contributed by atoms with van der Waals surface area (Å²) in [6.45, 7) is 9.85. The number of oxazole rings is 1. The van der Waals surface area contributed by atoms with Crippen molar-refractivity contribution in [3.63, 3.8) is 0 Å². The van der Waals surface area contributed by atoms with E-state index < -0.39 is 0 Å². The van der Waals surface area contributed by atoms with Gasteiger partial charge in [0.25, 0.3) is 0 Å². The number of aromatic nitrogens is 1. The zero-order chi connectivity index (χ0) is 19.2. The molecule has 0 bridgehead atoms. The Morgan fingerprint density at radius 1 is 1.18 bits per heavy atom. The van der Waals surface area contributed by atoms with E-state index in [0.29, 0.717) is 12.4 Å². The number of rotatable bonds is 4. The average molecular weight is 497 g/mol. The van der Waals surface area contributed by atoms with Crippen LogP contribution in [-0.2, 0) is 11.3 Å². The molecule has 0 radical (unpaired) electrons. The Balaban J connectivity index is 0.00000280. The molecule has 1 aromatic heterocycles. The summed E-state index contributed by atoms with van der Waals surface area (Å²) >= 11 is 0. The average Bonchev–Trinajstić information content (AvgIpc) is 3.15. The molecular weight excluding hydrogens is 469 g/mol. The monoisotopic (exact) mass is 497 g/mol. The fourth-order valence-corrected chi connectivity index (χ4v) is 3.04. The summed E-state index contributed by atoms with van der Waals surface area (Å²) in [5.74, 6) is 2.29. The van der Waals surface area contributed by atoms with Crippen molar-refractivity contribution in [2.45, 2.75) is 27.3 Å². The second-order valence-corrected chi connectivity index (χ2v) is 6.65. The number of aryl methyl sites for hydroxylation is 1. The van der Waals surface area contributed by atoms with E-state index in [2.05, 4.69) is 39.2 Å². The Morgan fingerprint density at radius 2 is 1.82 bits per heavy atom. The lowest BCUT2D eigenvalue weighted by Gasteiger charge is -2.36. The molecular formula is C20H28IN5O2. The van der Waals surface area contributed by atoms with Crippen molar-refractivity contribution in [1.29, 1.82) is 0 Å². The number of carbonyl (C=O) groups is 1. The van der Waals surface area contributed by atoms with Crippen molar-refractivity contribution in [2.24, 2.45) is 4.99 Å². The van der Waals surface area contributed by atoms with Gasteiger partial charge in [-0.3, -0.25) is 4.79 Å². The van der Waals surface area contributed by atoms with E-state index in [4.69, 9.17) is 4.42 Å². The van der Waals surface area contributed by atoms with Crippen molar-refractivity contribution < 1.29 is 9.21 Å². The molecule has 152 valence electrons. The topological polar surface area (TPSA) is 74.0 Å². The van der Waals surface area contributed by atoms with Crippen LogP contribution in [0.25, 0.3) is 11.3 Å². The van der Waals surface area contributed by atoms with Crippen LogP contribution in [0.5, 0.6) is 0 Å². The van der Waals surface area contributed by atoms with Crippen LogP contribution in [-0.4, -0.2) is 59.4 Å². The molecule has 0 spiro atoms. The highest BCUT2D eigenvalue weighted by molar-refractivity contribution is 14.0. The molecule has 3 rings (SSSR count). The van der Waals surface area contributed by atoms with Gasteiger partial charge in [-0.2, -0.15) is 0 Å². The first-order valence-electron chi connectivity index (χ1n) is 9.37. The fourth-order valence-electron chi connectivity index (χ4n) is 3.04. The summed E-state index contributed by atoms with van der Waals surface area (Å²) < 4.78 is 5.86. The molecule has 1 amide bonds. The molecule has 2 heterocycles. The molecule has 0 unspecified atom stereocenters. The van der Waals surface area contributed by atoms with E-state index >= 15 is 0 Å². The Hall–Kier alpha value is -2.10. The van der Waals surface area contributed by atoms with Crippen molar-refractivity contribution in [1.82, 2.24) is 20.1 Å². The molecule has 0 saturated carbocycles. The highest BCUT2D eigenvalue weighted by Crippen LogP contribution is 2.21. The first kappa shape index (κ1) is 22.2. The van der Waals surface area contributed by atoms with Crippen LogP contribution >= 0.6 is 24.0 Å². The predicted octanol–water partition coefficient (Wildman–Crippen LogP) is 2.90. The highest BCUT2D eigenvalue weighted by atomic mass is 127. The molecule has 1 saturated heterocycles. The maximum Gasteiger partial charge on any atom is 0.219 e. The molecule has 7 nitrogen and oxygen atoms in total. The predicted molar refractivity (Wildman–Crippen MR) is 121 cm³/mol. The number of guanidine groups is 1. The van der Waals surface area contributed by atoms with Crippen molar-refractivity contribution in [3.05, 3.63) is 41.9 Å². The van der Waals surface area contributed by atoms with Crippen LogP contribution in [0.1, 0.15) is 25.3 Å². The number of hydrogen-bond donors (Lipinski definition) is 1. The molecule has 28 heavy (non-hydrogen) atoms. The third-order valence-electron chi connectivity index (χ3n) is 4.61. The van der Waals surface area contributed by atoms with Gasteiger partial charge in [-0.15, -0.1) is 24.0 Å². The number of benzene rings is 1. The van der Waals surface area contributed by atoms with Crippen molar-refractivity contribution in [3.8, 4) is 11.3 Å². The molecule has 0 atom stereocenters. The van der Waals surface area contributed by atoms with Crippen LogP contribution in [0, 0.1) is 6.92 Å². The Morgan fingerprint density at radius 3 is 2.43 bits per heavy atom. The quantitative estimate of drug-likeness (QED) is 0.400. The minimum Gasteiger partial charge on any atom is -0.439 e. The summed E-state index contributed by atoms with van der Waals surface area (Å²) in [6.07, 6.45) is 1.74. The van der Waals surface area contributed by atoms with E-state index in [1.165, 1.54) is 5.56 Å². The van der Waals surface area contributed by atoms with Gasteiger partial charge < -0.3 is 19.5 Å². The molecule has 1 aliphatic rings. The minimum absolute atomic E-state index is 0. The molecule has 1 N–H and O–H groups in total. The van der Waals surface area contributed by atoms with Crippen LogP contribution in [0.3, 0.4) is 0 Å². The number of halogens is 1. The van der Waals surface area contributed by atoms with Crippen LogP contribution in [0.4, 0.5) is 0 Å². The number of nitrogens with one attached hydrogen (secondary N) is 1. The van der Waals surface area contributed by atoms with Crippen LogP contribution in [0.15, 0.2) is 39.9 Å². The molecule has 1 fully saturated rings. The number of aliphatic imine (C=N–C) groups is 1. The van der Waals surface area contributed by atoms with Gasteiger partial charge in [0.1, 0.15) is 6.54 Å². The highest BCUT2D eigenvalue weighted by Gasteiger charge is 2.21. The first-order valence-corrected chi connectivity index (χ1v) is 9.37. The second-order valence-electron chi connectivity index (χ2n) is 6.65. The largest absolute Gasteiger partial charge is 0.439 e. The second kappa shape index (κ2) is 10.4. The third-order valence-corrected chi connectivity index (χ3v) is 4.61. The summed E-state index contributed by atoms with van der Waals surface area (Å²) in [5.41, 5.74) is 2.22. The molecule has 8 heteroatoms. The van der Waals surface area contributed by atoms with E-state index in [-0.39, 0.29) is 29.9 Å². The van der Waals surface area contributed by atoms with Gasteiger partial charge in [-0.1, -0.05) is 29.8 Å². The van der Waals surface area contributed by atoms with Crippen LogP contribution < -0.4 is 5.32 Å². The first-order chi connectivity index (χ1) is 13.1. The van der Waals surface area contributed by atoms with Crippen molar-refractivity contribution in [2.75, 3.05) is 32.7 Å². The maximum absolute atomic E-state index is 11.5. The van der Waals surface area contributed by atoms with Gasteiger partial charge in [-0.25, -0.2) is 9.98 Å². The van der Waals surface area contributed by atoms with Gasteiger partial charge in [0, 0.05) is 45.2 Å². The van der Waals surface area contributed by atoms with Gasteiger partial charge in [-0.05, 0) is 13.8 Å². The minimum atomic E-state index is 0. The van der Waals surface area contributed by atoms with Crippen molar-refractivity contribution >= 4 is 35.8 Å². The molecule has 0 aliphatic carbocycles. The lowest BCUT2D eigenvalue weighted by molar-refractivity contribution is -0.130. The lowest BCUT2D eigenvalue weighted by atomic mass is 10.1. The standard InChI is InChI=1S/C20H27N5O2.HI/c1-4-21-20(25-11-9-24(10-12-25)16(3)26)23-14-19-22-13-18(27-19)17-7-5-15(2)6-8-17;/h5-8,13H,4,9-12,14H2,1-3H3,(H,21,23);1H. The molecule has 2 aromatic rings. The van der Waals surface area contributed by atoms with E-state index in [9.17, 15) is 4.79 Å². The van der Waals surface area contributed by atoms with Gasteiger partial charge >= 0.3 is 0 Å². The van der Waals surface area contributed by atoms with E-state index in [1.54, 1.807) is 13.1 Å². The van der Waals surface area contributed by atoms with Crippen LogP contribution in [0.2, 0.25) is 0 Å². The zero-order valence-corrected chi connectivity index (χ0v) is 19.0. The summed E-state index contributed by atoms with van der Waals surface area (Å²) in [7, 11) is 0. The SMILES string of the molecule is CCNC(=NCc1ncc(-c2ccc(C)cc2)o1)N1CCN(C(C)=O)CC1.I. The maximum atomic E-state index is 11.5. The number of hydrogen-bond acceptors (Lipinski definition) is 4. The van der Waals surface area contributed by atoms with Gasteiger partial charge in [0.05, 0.1) is 6.20 Å². The van der Waals surface area contributed by atoms with Gasteiger partial charge in [0.15, 0.2) is 11.7 Å². The number of nitrogens with zero attached hydrogens (tertiary/aromatic N) is 4. The number of piperazine rings is 1. The zero-order valence-electron chi connectivity index (χ0n) is 16.6. The fraction of sp³-hybridized carbons (Fsp3) is 0.450. The summed E-state index contributed by atoms with van der Waals surface area (Å²) in [4.78, 5) is 24.6. The smallest absolute Gasteiger partial charge is 0.219 e. The number of carbonyl (C=O) groups excluding carboxylic acids is 1. The number of amides is 1. The Kier molecular flexibility index (Phi) is 8.28. The lowest BCUT2D eigenvalue weighted by Crippen LogP contribution is -2.53. The normalized spacial score (nSPS) is 14.6. The van der Waals surface area contributed by atoms with E-state index in [0.717, 1.165) is 50.0 Å². The summed E-state index contributed by atoms with van der Waals surface area (Å²) in [6, 6.07) is 8.17. The molecule has 1 aliphatic heterocycles. The third kappa shape index (κ3) is 5.70. The Bertz CT molecular complexity index is 795. The Labute approximate surface area is 183 Å². The molecule has 1 aromatic carbocycles. The van der Waals surface area contributed by atoms with E-state index in [1.807, 2.05) is 24.0 Å². The van der Waals surface area contributed by atoms with Gasteiger partial charge in [0.2, 0.25) is 11.8 Å².